The summed E-state index contributed by atoms with van der Waals surface area (Å²) in [5.41, 5.74) is 0.903. The minimum atomic E-state index is 0.281. The monoisotopic (exact) mass is 346 g/mol. The number of phenols is 1. The lowest BCUT2D eigenvalue weighted by atomic mass is 10.1. The van der Waals surface area contributed by atoms with Gasteiger partial charge in [-0.05, 0) is 24.4 Å². The molecule has 24 heavy (non-hydrogen) atoms. The van der Waals surface area contributed by atoms with Crippen molar-refractivity contribution in [3.8, 4) is 5.75 Å². The van der Waals surface area contributed by atoms with Crippen LogP contribution in [-0.2, 0) is 4.74 Å². The molecular formula is C18H24N3O2S+. The van der Waals surface area contributed by atoms with Crippen LogP contribution >= 0.6 is 12.2 Å². The number of anilines is 1. The predicted molar refractivity (Wildman–Crippen MR) is 101 cm³/mol. The van der Waals surface area contributed by atoms with Crippen LogP contribution in [0.15, 0.2) is 36.4 Å². The van der Waals surface area contributed by atoms with Gasteiger partial charge >= 0.3 is 0 Å². The van der Waals surface area contributed by atoms with Gasteiger partial charge in [0.2, 0.25) is 0 Å². The van der Waals surface area contributed by atoms with Crippen molar-refractivity contribution in [3.63, 3.8) is 0 Å². The lowest BCUT2D eigenvalue weighted by Crippen LogP contribution is -3.14. The lowest BCUT2D eigenvalue weighted by Gasteiger charge is -2.23. The van der Waals surface area contributed by atoms with Gasteiger partial charge in [-0.25, -0.2) is 0 Å². The number of phenolic OH excluding ortho intramolecular Hbond substituents is 1. The first-order valence-corrected chi connectivity index (χ1v) is 8.82. The summed E-state index contributed by atoms with van der Waals surface area (Å²) in [4.78, 5) is 1.60. The molecule has 2 aromatic carbocycles. The zero-order valence-corrected chi connectivity index (χ0v) is 14.5. The van der Waals surface area contributed by atoms with Crippen LogP contribution in [0.4, 0.5) is 5.69 Å². The van der Waals surface area contributed by atoms with Gasteiger partial charge in [-0.3, -0.25) is 0 Å². The molecule has 0 atom stereocenters. The minimum Gasteiger partial charge on any atom is -0.507 e. The highest BCUT2D eigenvalue weighted by Gasteiger charge is 2.12. The Balaban J connectivity index is 1.49. The van der Waals surface area contributed by atoms with E-state index >= 15 is 0 Å². The average molecular weight is 346 g/mol. The van der Waals surface area contributed by atoms with Crippen molar-refractivity contribution in [1.82, 2.24) is 5.32 Å². The Morgan fingerprint density at radius 1 is 1.12 bits per heavy atom. The quantitative estimate of drug-likeness (QED) is 0.483. The lowest BCUT2D eigenvalue weighted by molar-refractivity contribution is -0.908. The third-order valence-electron chi connectivity index (χ3n) is 4.34. The molecule has 0 aliphatic carbocycles. The van der Waals surface area contributed by atoms with Crippen LogP contribution in [0.3, 0.4) is 0 Å². The Labute approximate surface area is 147 Å². The van der Waals surface area contributed by atoms with Crippen LogP contribution in [0.2, 0.25) is 0 Å². The molecular weight excluding hydrogens is 322 g/mol. The fourth-order valence-electron chi connectivity index (χ4n) is 3.02. The summed E-state index contributed by atoms with van der Waals surface area (Å²) in [5.74, 6) is 0.281. The first-order chi connectivity index (χ1) is 11.7. The molecule has 1 heterocycles. The van der Waals surface area contributed by atoms with Crippen molar-refractivity contribution in [1.29, 1.82) is 0 Å². The second-order valence-electron chi connectivity index (χ2n) is 6.02. The van der Waals surface area contributed by atoms with Gasteiger partial charge in [-0.15, -0.1) is 0 Å². The van der Waals surface area contributed by atoms with Gasteiger partial charge in [-0.2, -0.15) is 0 Å². The standard InChI is InChI=1S/C18H23N3O2S/c22-17-7-2-4-14-15(17)5-1-6-16(14)20-18(24)19-8-3-9-21-10-12-23-13-11-21/h1-2,4-7,22H,3,8-13H2,(H2,19,20,24)/p+1. The maximum Gasteiger partial charge on any atom is 0.170 e. The van der Waals surface area contributed by atoms with E-state index < -0.39 is 0 Å². The Morgan fingerprint density at radius 3 is 2.71 bits per heavy atom. The Morgan fingerprint density at radius 2 is 1.88 bits per heavy atom. The second-order valence-corrected chi connectivity index (χ2v) is 6.43. The molecule has 128 valence electrons. The number of nitrogens with one attached hydrogen (secondary N) is 3. The molecule has 0 saturated carbocycles. The maximum absolute atomic E-state index is 9.94. The number of morpholine rings is 1. The summed E-state index contributed by atoms with van der Waals surface area (Å²) >= 11 is 5.39. The number of ether oxygens (including phenoxy) is 1. The van der Waals surface area contributed by atoms with Crippen molar-refractivity contribution in [2.75, 3.05) is 44.7 Å². The van der Waals surface area contributed by atoms with Gasteiger partial charge in [-0.1, -0.05) is 24.3 Å². The number of hydrogen-bond acceptors (Lipinski definition) is 3. The summed E-state index contributed by atoms with van der Waals surface area (Å²) in [5, 5.41) is 18.8. The number of benzene rings is 2. The van der Waals surface area contributed by atoms with E-state index in [0.717, 1.165) is 62.3 Å². The topological polar surface area (TPSA) is 58.0 Å². The first kappa shape index (κ1) is 17.0. The van der Waals surface area contributed by atoms with Crippen molar-refractivity contribution >= 4 is 33.8 Å². The second kappa shape index (κ2) is 8.28. The number of aromatic hydroxyl groups is 1. The summed E-state index contributed by atoms with van der Waals surface area (Å²) < 4.78 is 5.37. The largest absolute Gasteiger partial charge is 0.507 e. The van der Waals surface area contributed by atoms with Gasteiger partial charge in [0.1, 0.15) is 18.8 Å². The fourth-order valence-corrected chi connectivity index (χ4v) is 3.23. The summed E-state index contributed by atoms with van der Waals surface area (Å²) in [6, 6.07) is 11.3. The van der Waals surface area contributed by atoms with Crippen LogP contribution in [0, 0.1) is 0 Å². The molecule has 0 radical (unpaired) electrons. The molecule has 0 amide bonds. The van der Waals surface area contributed by atoms with E-state index in [2.05, 4.69) is 10.6 Å². The van der Waals surface area contributed by atoms with E-state index in [4.69, 9.17) is 17.0 Å². The number of quaternary nitrogens is 1. The number of thiocarbonyl (C=S) groups is 1. The molecule has 1 fully saturated rings. The zero-order valence-electron chi connectivity index (χ0n) is 13.7. The third-order valence-corrected chi connectivity index (χ3v) is 4.59. The van der Waals surface area contributed by atoms with Crippen molar-refractivity contribution in [2.24, 2.45) is 0 Å². The third kappa shape index (κ3) is 4.35. The number of fused-ring (bicyclic) bond motifs is 1. The molecule has 4 N–H and O–H groups in total. The summed E-state index contributed by atoms with van der Waals surface area (Å²) in [7, 11) is 0. The van der Waals surface area contributed by atoms with E-state index in [9.17, 15) is 5.11 Å². The van der Waals surface area contributed by atoms with Gasteiger partial charge < -0.3 is 25.4 Å². The van der Waals surface area contributed by atoms with E-state index in [1.807, 2.05) is 30.3 Å². The molecule has 0 bridgehead atoms. The SMILES string of the molecule is Oc1cccc2c(NC(=S)NCCC[NH+]3CCOCC3)cccc12. The van der Waals surface area contributed by atoms with E-state index in [-0.39, 0.29) is 5.75 Å². The minimum absolute atomic E-state index is 0.281. The van der Waals surface area contributed by atoms with Crippen LogP contribution in [0.5, 0.6) is 5.75 Å². The molecule has 2 aromatic rings. The van der Waals surface area contributed by atoms with Gasteiger partial charge in [0, 0.05) is 29.4 Å². The van der Waals surface area contributed by atoms with E-state index in [1.54, 1.807) is 11.0 Å². The highest BCUT2D eigenvalue weighted by atomic mass is 32.1. The molecule has 0 aromatic heterocycles. The maximum atomic E-state index is 9.94. The Kier molecular flexibility index (Phi) is 5.85. The normalized spacial score (nSPS) is 15.3. The fraction of sp³-hybridized carbons (Fsp3) is 0.389. The molecule has 6 heteroatoms. The molecule has 1 aliphatic heterocycles. The molecule has 0 unspecified atom stereocenters. The summed E-state index contributed by atoms with van der Waals surface area (Å²) in [6.45, 7) is 5.94. The smallest absolute Gasteiger partial charge is 0.170 e. The Hall–Kier alpha value is -1.89. The zero-order chi connectivity index (χ0) is 16.8. The summed E-state index contributed by atoms with van der Waals surface area (Å²) in [6.07, 6.45) is 1.08. The molecule has 0 spiro atoms. The number of hydrogen-bond donors (Lipinski definition) is 4. The van der Waals surface area contributed by atoms with E-state index in [1.165, 1.54) is 0 Å². The first-order valence-electron chi connectivity index (χ1n) is 8.41. The van der Waals surface area contributed by atoms with Crippen molar-refractivity contribution < 1.29 is 14.7 Å². The van der Waals surface area contributed by atoms with Crippen LogP contribution in [0.25, 0.3) is 10.8 Å². The van der Waals surface area contributed by atoms with Crippen LogP contribution < -0.4 is 15.5 Å². The van der Waals surface area contributed by atoms with Gasteiger partial charge in [0.25, 0.3) is 0 Å². The molecule has 1 saturated heterocycles. The highest BCUT2D eigenvalue weighted by Crippen LogP contribution is 2.29. The van der Waals surface area contributed by atoms with E-state index in [0.29, 0.717) is 5.11 Å². The van der Waals surface area contributed by atoms with Crippen LogP contribution in [-0.4, -0.2) is 49.6 Å². The van der Waals surface area contributed by atoms with Crippen molar-refractivity contribution in [2.45, 2.75) is 6.42 Å². The molecule has 5 nitrogen and oxygen atoms in total. The average Bonchev–Trinajstić information content (AvgIpc) is 2.61. The molecule has 1 aliphatic rings. The number of rotatable bonds is 5. The van der Waals surface area contributed by atoms with Crippen LogP contribution in [0.1, 0.15) is 6.42 Å². The van der Waals surface area contributed by atoms with Gasteiger partial charge in [0.05, 0.1) is 19.8 Å². The Bertz CT molecular complexity index is 702. The predicted octanol–water partition coefficient (Wildman–Crippen LogP) is 1.14. The highest BCUT2D eigenvalue weighted by molar-refractivity contribution is 7.80. The molecule has 3 rings (SSSR count). The van der Waals surface area contributed by atoms with Crippen molar-refractivity contribution in [3.05, 3.63) is 36.4 Å². The van der Waals surface area contributed by atoms with Gasteiger partial charge in [0.15, 0.2) is 5.11 Å².